The Morgan fingerprint density at radius 2 is 1.92 bits per heavy atom. The zero-order valence-corrected chi connectivity index (χ0v) is 13.7. The van der Waals surface area contributed by atoms with Gasteiger partial charge in [-0.15, -0.1) is 0 Å². The Labute approximate surface area is 145 Å². The van der Waals surface area contributed by atoms with Crippen LogP contribution in [0.2, 0.25) is 0 Å². The molecule has 126 valence electrons. The maximum absolute atomic E-state index is 12.9. The van der Waals surface area contributed by atoms with Crippen molar-refractivity contribution in [1.82, 2.24) is 0 Å². The summed E-state index contributed by atoms with van der Waals surface area (Å²) in [6, 6.07) is 15.1. The molecule has 2 aromatic rings. The number of hydrogen-bond acceptors (Lipinski definition) is 3. The van der Waals surface area contributed by atoms with Gasteiger partial charge in [0.1, 0.15) is 0 Å². The fourth-order valence-electron chi connectivity index (χ4n) is 3.59. The zero-order valence-electron chi connectivity index (χ0n) is 13.7. The van der Waals surface area contributed by atoms with E-state index in [4.69, 9.17) is 5.11 Å². The van der Waals surface area contributed by atoms with Crippen molar-refractivity contribution < 1.29 is 14.7 Å². The summed E-state index contributed by atoms with van der Waals surface area (Å²) in [6.07, 6.45) is 2.72. The maximum Gasteiger partial charge on any atom is 0.307 e. The highest BCUT2D eigenvalue weighted by Gasteiger charge is 2.38. The van der Waals surface area contributed by atoms with Crippen LogP contribution >= 0.6 is 0 Å². The third kappa shape index (κ3) is 2.82. The van der Waals surface area contributed by atoms with E-state index in [1.165, 1.54) is 10.6 Å². The molecule has 1 atom stereocenters. The molecule has 0 saturated carbocycles. The van der Waals surface area contributed by atoms with E-state index in [2.05, 4.69) is 11.2 Å². The van der Waals surface area contributed by atoms with Crippen LogP contribution in [0.1, 0.15) is 29.5 Å². The summed E-state index contributed by atoms with van der Waals surface area (Å²) in [7, 11) is 0. The fourth-order valence-corrected chi connectivity index (χ4v) is 3.59. The van der Waals surface area contributed by atoms with E-state index < -0.39 is 5.97 Å². The molecule has 0 spiro atoms. The second-order valence-corrected chi connectivity index (χ2v) is 6.47. The minimum atomic E-state index is -0.871. The van der Waals surface area contributed by atoms with Crippen LogP contribution in [-0.2, 0) is 22.4 Å². The van der Waals surface area contributed by atoms with Crippen LogP contribution < -0.4 is 5.01 Å². The predicted molar refractivity (Wildman–Crippen MR) is 94.7 cm³/mol. The summed E-state index contributed by atoms with van der Waals surface area (Å²) in [6.45, 7) is 0. The molecule has 1 N–H and O–H groups in total. The molecule has 0 radical (unpaired) electrons. The molecule has 1 aliphatic carbocycles. The van der Waals surface area contributed by atoms with Crippen LogP contribution in [0.4, 0.5) is 5.69 Å². The normalized spacial score (nSPS) is 19.0. The first-order valence-corrected chi connectivity index (χ1v) is 8.45. The molecule has 0 fully saturated rings. The van der Waals surface area contributed by atoms with E-state index in [9.17, 15) is 9.59 Å². The van der Waals surface area contributed by atoms with E-state index in [0.717, 1.165) is 30.5 Å². The minimum Gasteiger partial charge on any atom is -0.481 e. The molecule has 1 amide bonds. The molecule has 2 aliphatic rings. The van der Waals surface area contributed by atoms with Gasteiger partial charge in [-0.1, -0.05) is 36.4 Å². The molecule has 2 aromatic carbocycles. The Kier molecular flexibility index (Phi) is 3.84. The smallest absolute Gasteiger partial charge is 0.307 e. The van der Waals surface area contributed by atoms with Gasteiger partial charge in [-0.3, -0.25) is 9.59 Å². The predicted octanol–water partition coefficient (Wildman–Crippen LogP) is 3.02. The van der Waals surface area contributed by atoms with Crippen LogP contribution in [0.15, 0.2) is 53.6 Å². The number of nitrogens with zero attached hydrogens (tertiary/aromatic N) is 2. The standard InChI is InChI=1S/C20H18N2O3/c23-18(24)12-13-8-10-15(11-9-13)22-20(25)17-7-3-5-14-4-1-2-6-16(14)19(17)21-22/h1-2,4,6,8-11,17H,3,5,7,12H2,(H,23,24). The molecule has 5 nitrogen and oxygen atoms in total. The molecular weight excluding hydrogens is 316 g/mol. The van der Waals surface area contributed by atoms with Gasteiger partial charge in [-0.2, -0.15) is 10.1 Å². The van der Waals surface area contributed by atoms with E-state index in [-0.39, 0.29) is 18.2 Å². The maximum atomic E-state index is 12.9. The summed E-state index contributed by atoms with van der Waals surface area (Å²) >= 11 is 0. The molecule has 1 heterocycles. The lowest BCUT2D eigenvalue weighted by Crippen LogP contribution is -2.27. The van der Waals surface area contributed by atoms with E-state index in [1.54, 1.807) is 24.3 Å². The Morgan fingerprint density at radius 1 is 1.16 bits per heavy atom. The number of carbonyl (C=O) groups excluding carboxylic acids is 1. The average Bonchev–Trinajstić information content (AvgIpc) is 2.82. The summed E-state index contributed by atoms with van der Waals surface area (Å²) < 4.78 is 0. The first kappa shape index (κ1) is 15.6. The number of amides is 1. The first-order valence-electron chi connectivity index (χ1n) is 8.45. The van der Waals surface area contributed by atoms with Gasteiger partial charge >= 0.3 is 5.97 Å². The quantitative estimate of drug-likeness (QED) is 0.938. The Morgan fingerprint density at radius 3 is 2.68 bits per heavy atom. The molecule has 0 aromatic heterocycles. The molecule has 0 bridgehead atoms. The SMILES string of the molecule is O=C(O)Cc1ccc(N2N=C3c4ccccc4CCCC3C2=O)cc1. The second-order valence-electron chi connectivity index (χ2n) is 6.47. The highest BCUT2D eigenvalue weighted by atomic mass is 16.4. The van der Waals surface area contributed by atoms with Gasteiger partial charge in [0.2, 0.25) is 0 Å². The van der Waals surface area contributed by atoms with Crippen molar-refractivity contribution in [1.29, 1.82) is 0 Å². The van der Waals surface area contributed by atoms with Gasteiger partial charge in [0.05, 0.1) is 23.7 Å². The lowest BCUT2D eigenvalue weighted by atomic mass is 9.94. The molecule has 1 unspecified atom stereocenters. The third-order valence-corrected chi connectivity index (χ3v) is 4.81. The third-order valence-electron chi connectivity index (χ3n) is 4.81. The Hall–Kier alpha value is -2.95. The van der Waals surface area contributed by atoms with Crippen LogP contribution in [0.3, 0.4) is 0 Å². The highest BCUT2D eigenvalue weighted by molar-refractivity contribution is 6.22. The Bertz CT molecular complexity index is 871. The molecule has 1 aliphatic heterocycles. The lowest BCUT2D eigenvalue weighted by Gasteiger charge is -2.14. The van der Waals surface area contributed by atoms with Crippen molar-refractivity contribution in [2.45, 2.75) is 25.7 Å². The summed E-state index contributed by atoms with van der Waals surface area (Å²) in [5.74, 6) is -1.07. The van der Waals surface area contributed by atoms with Crippen molar-refractivity contribution in [2.24, 2.45) is 11.0 Å². The molecule has 5 heteroatoms. The summed E-state index contributed by atoms with van der Waals surface area (Å²) in [5, 5.41) is 15.0. The number of carboxylic acid groups (broad SMARTS) is 1. The van der Waals surface area contributed by atoms with Gasteiger partial charge in [-0.25, -0.2) is 0 Å². The molecule has 4 rings (SSSR count). The largest absolute Gasteiger partial charge is 0.481 e. The van der Waals surface area contributed by atoms with Gasteiger partial charge in [0.25, 0.3) is 5.91 Å². The van der Waals surface area contributed by atoms with E-state index >= 15 is 0 Å². The highest BCUT2D eigenvalue weighted by Crippen LogP contribution is 2.33. The number of aliphatic carboxylic acids is 1. The van der Waals surface area contributed by atoms with Gasteiger partial charge in [0, 0.05) is 5.56 Å². The zero-order chi connectivity index (χ0) is 17.4. The fraction of sp³-hybridized carbons (Fsp3) is 0.250. The summed E-state index contributed by atoms with van der Waals surface area (Å²) in [4.78, 5) is 23.7. The van der Waals surface area contributed by atoms with Crippen LogP contribution in [0.25, 0.3) is 0 Å². The van der Waals surface area contributed by atoms with Gasteiger partial charge in [0.15, 0.2) is 0 Å². The number of fused-ring (bicyclic) bond motifs is 3. The van der Waals surface area contributed by atoms with Crippen LogP contribution in [-0.4, -0.2) is 22.7 Å². The second kappa shape index (κ2) is 6.16. The molecular formula is C20H18N2O3. The van der Waals surface area contributed by atoms with Crippen LogP contribution in [0, 0.1) is 5.92 Å². The number of anilines is 1. The monoisotopic (exact) mass is 334 g/mol. The number of benzene rings is 2. The van der Waals surface area contributed by atoms with Crippen molar-refractivity contribution in [2.75, 3.05) is 5.01 Å². The Balaban J connectivity index is 1.69. The number of aryl methyl sites for hydroxylation is 1. The number of carboxylic acids is 1. The average molecular weight is 334 g/mol. The topological polar surface area (TPSA) is 70.0 Å². The van der Waals surface area contributed by atoms with Crippen molar-refractivity contribution >= 4 is 23.3 Å². The molecule has 0 saturated heterocycles. The molecule has 25 heavy (non-hydrogen) atoms. The van der Waals surface area contributed by atoms with E-state index in [0.29, 0.717) is 11.3 Å². The first-order chi connectivity index (χ1) is 12.1. The lowest BCUT2D eigenvalue weighted by molar-refractivity contribution is -0.136. The van der Waals surface area contributed by atoms with Crippen LogP contribution in [0.5, 0.6) is 0 Å². The van der Waals surface area contributed by atoms with E-state index in [1.807, 2.05) is 18.2 Å². The van der Waals surface area contributed by atoms with Gasteiger partial charge in [-0.05, 0) is 42.5 Å². The van der Waals surface area contributed by atoms with Crippen molar-refractivity contribution in [3.63, 3.8) is 0 Å². The van der Waals surface area contributed by atoms with Crippen molar-refractivity contribution in [3.05, 3.63) is 65.2 Å². The number of hydrogen-bond donors (Lipinski definition) is 1. The van der Waals surface area contributed by atoms with Crippen molar-refractivity contribution in [3.8, 4) is 0 Å². The minimum absolute atomic E-state index is 0.00214. The number of carbonyl (C=O) groups is 2. The van der Waals surface area contributed by atoms with Gasteiger partial charge < -0.3 is 5.11 Å². The number of rotatable bonds is 3. The summed E-state index contributed by atoms with van der Waals surface area (Å²) in [5.41, 5.74) is 4.55. The number of hydrazone groups is 1.